The Kier molecular flexibility index (Phi) is 3.96. The Morgan fingerprint density at radius 2 is 1.85 bits per heavy atom. The van der Waals surface area contributed by atoms with Crippen molar-refractivity contribution in [2.45, 2.75) is 4.90 Å². The summed E-state index contributed by atoms with van der Waals surface area (Å²) in [6.45, 7) is 0. The van der Waals surface area contributed by atoms with E-state index in [2.05, 4.69) is 25.9 Å². The van der Waals surface area contributed by atoms with Crippen molar-refractivity contribution in [2.75, 3.05) is 12.4 Å². The topological polar surface area (TPSA) is 121 Å². The molecular weight excluding hydrogens is 368 g/mol. The van der Waals surface area contributed by atoms with Gasteiger partial charge >= 0.3 is 0 Å². The fourth-order valence-electron chi connectivity index (χ4n) is 2.81. The highest BCUT2D eigenvalue weighted by Crippen LogP contribution is 2.31. The molecule has 0 spiro atoms. The van der Waals surface area contributed by atoms with Crippen LogP contribution in [0.15, 0.2) is 59.1 Å². The first-order chi connectivity index (χ1) is 13.0. The summed E-state index contributed by atoms with van der Waals surface area (Å²) in [4.78, 5) is 13.0. The van der Waals surface area contributed by atoms with Gasteiger partial charge in [-0.15, -0.1) is 10.2 Å². The van der Waals surface area contributed by atoms with Crippen molar-refractivity contribution >= 4 is 27.7 Å². The number of tetrazole rings is 1. The van der Waals surface area contributed by atoms with Gasteiger partial charge in [0.05, 0.1) is 10.6 Å². The minimum absolute atomic E-state index is 0.0108. The minimum Gasteiger partial charge on any atom is -0.320 e. The molecule has 1 aromatic heterocycles. The number of sulfonamides is 1. The van der Waals surface area contributed by atoms with Crippen LogP contribution in [0.4, 0.5) is 5.69 Å². The van der Waals surface area contributed by atoms with E-state index in [1.165, 1.54) is 13.1 Å². The lowest BCUT2D eigenvalue weighted by Crippen LogP contribution is -2.35. The van der Waals surface area contributed by atoms with Gasteiger partial charge in [-0.3, -0.25) is 9.10 Å². The molecule has 4 rings (SSSR count). The van der Waals surface area contributed by atoms with Crippen molar-refractivity contribution in [3.63, 3.8) is 0 Å². The quantitative estimate of drug-likeness (QED) is 0.708. The van der Waals surface area contributed by atoms with Gasteiger partial charge in [0.25, 0.3) is 15.9 Å². The average Bonchev–Trinajstić information content (AvgIpc) is 3.20. The van der Waals surface area contributed by atoms with Gasteiger partial charge < -0.3 is 5.32 Å². The van der Waals surface area contributed by atoms with Crippen LogP contribution in [-0.2, 0) is 14.8 Å². The second-order valence-electron chi connectivity index (χ2n) is 5.78. The van der Waals surface area contributed by atoms with Crippen LogP contribution in [0.5, 0.6) is 0 Å². The number of amides is 1. The Labute approximate surface area is 154 Å². The van der Waals surface area contributed by atoms with Gasteiger partial charge in [0.1, 0.15) is 5.70 Å². The van der Waals surface area contributed by atoms with E-state index in [0.717, 1.165) is 4.31 Å². The number of aromatic nitrogens is 4. The second kappa shape index (κ2) is 6.32. The molecule has 10 heteroatoms. The van der Waals surface area contributed by atoms with Crippen molar-refractivity contribution < 1.29 is 13.2 Å². The highest BCUT2D eigenvalue weighted by Gasteiger charge is 2.32. The lowest BCUT2D eigenvalue weighted by Gasteiger charge is -2.27. The molecule has 0 bridgehead atoms. The molecule has 0 aliphatic carbocycles. The minimum atomic E-state index is -3.80. The van der Waals surface area contributed by atoms with Gasteiger partial charge in [-0.05, 0) is 35.1 Å². The number of rotatable bonds is 3. The first-order valence-electron chi connectivity index (χ1n) is 7.92. The van der Waals surface area contributed by atoms with Crippen molar-refractivity contribution in [1.29, 1.82) is 0 Å². The standard InChI is InChI=1S/C17H14N6O3S/c1-23-14(10-11-6-2-5-9-15(11)27(23,25)26)17(24)18-13-8-4-3-7-12(13)16-19-21-22-20-16/h2-10H,1H3,(H,18,24)(H,19,20,21,22). The molecule has 9 nitrogen and oxygen atoms in total. The number of hydrogen-bond donors (Lipinski definition) is 2. The number of carbonyl (C=O) groups excluding carboxylic acids is 1. The summed E-state index contributed by atoms with van der Waals surface area (Å²) in [5.41, 5.74) is 1.47. The number of carbonyl (C=O) groups is 1. The molecule has 1 aliphatic rings. The van der Waals surface area contributed by atoms with Gasteiger partial charge in [-0.2, -0.15) is 5.21 Å². The summed E-state index contributed by atoms with van der Waals surface area (Å²) >= 11 is 0. The predicted octanol–water partition coefficient (Wildman–Crippen LogP) is 1.48. The molecule has 0 saturated carbocycles. The second-order valence-corrected chi connectivity index (χ2v) is 7.71. The maximum Gasteiger partial charge on any atom is 0.272 e. The number of aromatic amines is 1. The zero-order valence-corrected chi connectivity index (χ0v) is 14.9. The number of benzene rings is 2. The fourth-order valence-corrected chi connectivity index (χ4v) is 4.17. The first-order valence-corrected chi connectivity index (χ1v) is 9.36. The summed E-state index contributed by atoms with van der Waals surface area (Å²) in [6.07, 6.45) is 1.54. The molecule has 1 aliphatic heterocycles. The Hall–Kier alpha value is -3.53. The highest BCUT2D eigenvalue weighted by molar-refractivity contribution is 7.89. The zero-order valence-electron chi connectivity index (χ0n) is 14.1. The number of nitrogens with one attached hydrogen (secondary N) is 2. The van der Waals surface area contributed by atoms with E-state index >= 15 is 0 Å². The Morgan fingerprint density at radius 3 is 2.63 bits per heavy atom. The monoisotopic (exact) mass is 382 g/mol. The molecule has 0 radical (unpaired) electrons. The average molecular weight is 382 g/mol. The number of hydrogen-bond acceptors (Lipinski definition) is 6. The van der Waals surface area contributed by atoms with Crippen LogP contribution in [0.3, 0.4) is 0 Å². The molecule has 0 saturated heterocycles. The van der Waals surface area contributed by atoms with Gasteiger partial charge in [-0.1, -0.05) is 30.3 Å². The molecule has 0 fully saturated rings. The first kappa shape index (κ1) is 16.9. The number of H-pyrrole nitrogens is 1. The summed E-state index contributed by atoms with van der Waals surface area (Å²) < 4.78 is 26.4. The van der Waals surface area contributed by atoms with Crippen LogP contribution in [-0.4, -0.2) is 46.3 Å². The Balaban J connectivity index is 1.72. The van der Waals surface area contributed by atoms with E-state index in [1.54, 1.807) is 48.5 Å². The van der Waals surface area contributed by atoms with Crippen LogP contribution in [0.2, 0.25) is 0 Å². The van der Waals surface area contributed by atoms with Gasteiger partial charge in [0.15, 0.2) is 0 Å². The maximum absolute atomic E-state index is 12.8. The number of fused-ring (bicyclic) bond motifs is 1. The van der Waals surface area contributed by atoms with E-state index in [-0.39, 0.29) is 10.6 Å². The smallest absolute Gasteiger partial charge is 0.272 e. The molecule has 0 atom stereocenters. The third kappa shape index (κ3) is 2.85. The van der Waals surface area contributed by atoms with E-state index in [9.17, 15) is 13.2 Å². The van der Waals surface area contributed by atoms with Crippen LogP contribution >= 0.6 is 0 Å². The Bertz CT molecular complexity index is 1150. The maximum atomic E-state index is 12.8. The van der Waals surface area contributed by atoms with Crippen molar-refractivity contribution in [2.24, 2.45) is 0 Å². The largest absolute Gasteiger partial charge is 0.320 e. The molecule has 0 unspecified atom stereocenters. The number of nitrogens with zero attached hydrogens (tertiary/aromatic N) is 4. The molecule has 3 aromatic rings. The van der Waals surface area contributed by atoms with Crippen LogP contribution in [0.1, 0.15) is 5.56 Å². The van der Waals surface area contributed by atoms with Crippen LogP contribution < -0.4 is 5.32 Å². The predicted molar refractivity (Wildman–Crippen MR) is 97.6 cm³/mol. The zero-order chi connectivity index (χ0) is 19.0. The molecule has 27 heavy (non-hydrogen) atoms. The van der Waals surface area contributed by atoms with Crippen molar-refractivity contribution in [3.8, 4) is 11.4 Å². The van der Waals surface area contributed by atoms with Gasteiger partial charge in [0, 0.05) is 12.6 Å². The lowest BCUT2D eigenvalue weighted by molar-refractivity contribution is -0.113. The van der Waals surface area contributed by atoms with Gasteiger partial charge in [-0.25, -0.2) is 8.42 Å². The number of anilines is 1. The van der Waals surface area contributed by atoms with Crippen molar-refractivity contribution in [3.05, 3.63) is 59.8 Å². The van der Waals surface area contributed by atoms with Crippen LogP contribution in [0.25, 0.3) is 17.5 Å². The van der Waals surface area contributed by atoms with Crippen molar-refractivity contribution in [1.82, 2.24) is 24.9 Å². The van der Waals surface area contributed by atoms with E-state index < -0.39 is 15.9 Å². The third-order valence-corrected chi connectivity index (χ3v) is 6.03. The summed E-state index contributed by atoms with van der Waals surface area (Å²) in [5, 5.41) is 16.4. The van der Waals surface area contributed by atoms with Gasteiger partial charge in [0.2, 0.25) is 5.82 Å². The molecule has 1 amide bonds. The summed E-state index contributed by atoms with van der Waals surface area (Å²) in [6, 6.07) is 13.4. The number of likely N-dealkylation sites (N-methyl/N-ethyl adjacent to an activating group) is 1. The van der Waals surface area contributed by atoms with E-state index in [0.29, 0.717) is 22.6 Å². The fraction of sp³-hybridized carbons (Fsp3) is 0.0588. The summed E-state index contributed by atoms with van der Waals surface area (Å²) in [7, 11) is -2.45. The normalized spacial score (nSPS) is 15.0. The molecule has 2 aromatic carbocycles. The Morgan fingerprint density at radius 1 is 1.11 bits per heavy atom. The van der Waals surface area contributed by atoms with E-state index in [4.69, 9.17) is 0 Å². The SMILES string of the molecule is CN1C(C(=O)Nc2ccccc2-c2nn[nH]n2)=Cc2ccccc2S1(=O)=O. The molecular formula is C17H14N6O3S. The lowest BCUT2D eigenvalue weighted by atomic mass is 10.1. The molecule has 2 heterocycles. The van der Waals surface area contributed by atoms with E-state index in [1.807, 2.05) is 0 Å². The molecule has 2 N–H and O–H groups in total. The van der Waals surface area contributed by atoms with Crippen LogP contribution in [0, 0.1) is 0 Å². The molecule has 136 valence electrons. The number of para-hydroxylation sites is 1. The summed E-state index contributed by atoms with van der Waals surface area (Å²) in [5.74, 6) is -0.249. The highest BCUT2D eigenvalue weighted by atomic mass is 32.2. The third-order valence-electron chi connectivity index (χ3n) is 4.18.